The molecular formula is C22H24FN9O3. The van der Waals surface area contributed by atoms with E-state index in [1.165, 1.54) is 0 Å². The van der Waals surface area contributed by atoms with Crippen LogP contribution in [0.5, 0.6) is 0 Å². The average molecular weight is 481 g/mol. The standard InChI is InChI=1S/C22H24FN9O3/c23-19-15(10-25-20(24)30-22(33)34)2-1-3-18(19)16-11-26-21(27-12-16)32-6-4-17(5-7-32)31-35-13-14-8-28-29-9-14/h1-3,8-9,11-12H,4-7,10,13H2,(H,28,29)(H,33,34)(H3,24,25,30). The molecule has 1 aliphatic rings. The maximum Gasteiger partial charge on any atom is 0.411 e. The Morgan fingerprint density at radius 2 is 2.03 bits per heavy atom. The molecule has 0 atom stereocenters. The number of aromatic amines is 1. The van der Waals surface area contributed by atoms with Gasteiger partial charge >= 0.3 is 6.09 Å². The zero-order valence-electron chi connectivity index (χ0n) is 18.7. The second-order valence-corrected chi connectivity index (χ2v) is 7.71. The van der Waals surface area contributed by atoms with Gasteiger partial charge in [0.1, 0.15) is 12.4 Å². The first kappa shape index (κ1) is 23.6. The first-order valence-corrected chi connectivity index (χ1v) is 10.8. The SMILES string of the molecule is NC(=NCc1cccc(-c2cnc(N3CCC(=NOCc4cn[nH]c4)CC3)nc2)c1F)NC(=O)O. The van der Waals surface area contributed by atoms with E-state index in [9.17, 15) is 4.79 Å². The van der Waals surface area contributed by atoms with Gasteiger partial charge < -0.3 is 20.6 Å². The van der Waals surface area contributed by atoms with Crippen molar-refractivity contribution in [3.63, 3.8) is 0 Å². The number of hydrogen-bond acceptors (Lipinski definition) is 8. The molecule has 12 nitrogen and oxygen atoms in total. The highest BCUT2D eigenvalue weighted by molar-refractivity contribution is 5.92. The fourth-order valence-corrected chi connectivity index (χ4v) is 3.48. The number of rotatable bonds is 7. The van der Waals surface area contributed by atoms with Gasteiger partial charge in [0, 0.05) is 66.8 Å². The fourth-order valence-electron chi connectivity index (χ4n) is 3.48. The number of anilines is 1. The van der Waals surface area contributed by atoms with Crippen molar-refractivity contribution in [1.29, 1.82) is 0 Å². The van der Waals surface area contributed by atoms with Crippen molar-refractivity contribution in [2.45, 2.75) is 26.0 Å². The molecule has 0 spiro atoms. The van der Waals surface area contributed by atoms with Gasteiger partial charge in [0.2, 0.25) is 5.95 Å². The molecule has 3 heterocycles. The van der Waals surface area contributed by atoms with Crippen molar-refractivity contribution >= 4 is 23.7 Å². The van der Waals surface area contributed by atoms with Crippen molar-refractivity contribution in [2.75, 3.05) is 18.0 Å². The van der Waals surface area contributed by atoms with E-state index >= 15 is 4.39 Å². The number of carboxylic acid groups (broad SMARTS) is 1. The van der Waals surface area contributed by atoms with Crippen LogP contribution in [0.4, 0.5) is 15.1 Å². The Morgan fingerprint density at radius 3 is 2.71 bits per heavy atom. The quantitative estimate of drug-likeness (QED) is 0.226. The Morgan fingerprint density at radius 1 is 1.26 bits per heavy atom. The van der Waals surface area contributed by atoms with Crippen LogP contribution in [0, 0.1) is 5.82 Å². The Kier molecular flexibility index (Phi) is 7.45. The number of H-pyrrole nitrogens is 1. The van der Waals surface area contributed by atoms with Crippen molar-refractivity contribution < 1.29 is 19.1 Å². The minimum atomic E-state index is -1.34. The van der Waals surface area contributed by atoms with Crippen molar-refractivity contribution in [3.05, 3.63) is 59.9 Å². The predicted octanol–water partition coefficient (Wildman–Crippen LogP) is 2.26. The number of nitrogens with zero attached hydrogens (tertiary/aromatic N) is 6. The topological polar surface area (TPSA) is 167 Å². The number of piperidine rings is 1. The molecule has 1 aliphatic heterocycles. The van der Waals surface area contributed by atoms with Gasteiger partial charge in [-0.05, 0) is 0 Å². The second-order valence-electron chi connectivity index (χ2n) is 7.71. The summed E-state index contributed by atoms with van der Waals surface area (Å²) in [7, 11) is 0. The summed E-state index contributed by atoms with van der Waals surface area (Å²) in [6, 6.07) is 4.85. The van der Waals surface area contributed by atoms with E-state index in [1.807, 2.05) is 10.2 Å². The van der Waals surface area contributed by atoms with Gasteiger partial charge in [-0.2, -0.15) is 5.10 Å². The molecule has 0 aliphatic carbocycles. The van der Waals surface area contributed by atoms with Crippen LogP contribution >= 0.6 is 0 Å². The summed E-state index contributed by atoms with van der Waals surface area (Å²) in [5.74, 6) is -0.250. The molecule has 1 fully saturated rings. The molecule has 0 bridgehead atoms. The molecule has 0 saturated carbocycles. The number of aromatic nitrogens is 4. The lowest BCUT2D eigenvalue weighted by Gasteiger charge is -2.27. The summed E-state index contributed by atoms with van der Waals surface area (Å²) in [5, 5.41) is 21.4. The molecule has 4 rings (SSSR count). The summed E-state index contributed by atoms with van der Waals surface area (Å²) in [4.78, 5) is 30.7. The number of halogens is 1. The van der Waals surface area contributed by atoms with Gasteiger partial charge in [-0.3, -0.25) is 10.4 Å². The first-order valence-electron chi connectivity index (χ1n) is 10.8. The van der Waals surface area contributed by atoms with Gasteiger partial charge in [-0.15, -0.1) is 0 Å². The molecule has 182 valence electrons. The lowest BCUT2D eigenvalue weighted by Crippen LogP contribution is -2.35. The third-order valence-corrected chi connectivity index (χ3v) is 5.29. The number of nitrogens with two attached hydrogens (primary N) is 1. The number of benzene rings is 1. The van der Waals surface area contributed by atoms with Crippen molar-refractivity contribution in [2.24, 2.45) is 15.9 Å². The van der Waals surface area contributed by atoms with E-state index in [2.05, 4.69) is 30.3 Å². The lowest BCUT2D eigenvalue weighted by atomic mass is 10.0. The van der Waals surface area contributed by atoms with E-state index in [0.717, 1.165) is 24.1 Å². The van der Waals surface area contributed by atoms with E-state index < -0.39 is 11.9 Å². The molecule has 35 heavy (non-hydrogen) atoms. The highest BCUT2D eigenvalue weighted by Gasteiger charge is 2.19. The number of carbonyl (C=O) groups is 1. The number of oxime groups is 1. The van der Waals surface area contributed by atoms with Crippen LogP contribution in [-0.2, 0) is 18.0 Å². The molecule has 0 unspecified atom stereocenters. The van der Waals surface area contributed by atoms with Crippen molar-refractivity contribution in [3.8, 4) is 11.1 Å². The summed E-state index contributed by atoms with van der Waals surface area (Å²) >= 11 is 0. The molecular weight excluding hydrogens is 457 g/mol. The molecule has 3 aromatic rings. The number of guanidine groups is 1. The Labute approximate surface area is 199 Å². The van der Waals surface area contributed by atoms with E-state index in [0.29, 0.717) is 36.8 Å². The minimum absolute atomic E-state index is 0.117. The number of amides is 1. The highest BCUT2D eigenvalue weighted by Crippen LogP contribution is 2.25. The van der Waals surface area contributed by atoms with Crippen LogP contribution in [0.25, 0.3) is 11.1 Å². The van der Waals surface area contributed by atoms with Gasteiger partial charge in [0.25, 0.3) is 0 Å². The van der Waals surface area contributed by atoms with Gasteiger partial charge in [0.05, 0.1) is 18.5 Å². The summed E-state index contributed by atoms with van der Waals surface area (Å²) in [6.07, 6.45) is 6.72. The van der Waals surface area contributed by atoms with Crippen molar-refractivity contribution in [1.82, 2.24) is 25.5 Å². The number of aliphatic imine (C=N–C) groups is 1. The monoisotopic (exact) mass is 481 g/mol. The molecule has 0 radical (unpaired) electrons. The van der Waals surface area contributed by atoms with Gasteiger partial charge in [-0.25, -0.2) is 24.1 Å². The molecule has 1 amide bonds. The van der Waals surface area contributed by atoms with Crippen LogP contribution in [0.1, 0.15) is 24.0 Å². The Balaban J connectivity index is 1.35. The predicted molar refractivity (Wildman–Crippen MR) is 126 cm³/mol. The number of hydrogen-bond donors (Lipinski definition) is 4. The third-order valence-electron chi connectivity index (χ3n) is 5.29. The average Bonchev–Trinajstić information content (AvgIpc) is 3.37. The maximum atomic E-state index is 15.0. The Hall–Kier alpha value is -4.55. The van der Waals surface area contributed by atoms with Crippen LogP contribution in [0.15, 0.2) is 53.1 Å². The normalized spacial score (nSPS) is 14.0. The highest BCUT2D eigenvalue weighted by atomic mass is 19.1. The van der Waals surface area contributed by atoms with E-state index in [1.54, 1.807) is 43.0 Å². The van der Waals surface area contributed by atoms with E-state index in [4.69, 9.17) is 15.7 Å². The molecule has 13 heteroatoms. The second kappa shape index (κ2) is 11.0. The third kappa shape index (κ3) is 6.28. The van der Waals surface area contributed by atoms with Gasteiger partial charge in [0.15, 0.2) is 5.96 Å². The fraction of sp³-hybridized carbons (Fsp3) is 0.273. The molecule has 1 aromatic carbocycles. The number of nitrogens with one attached hydrogen (secondary N) is 2. The van der Waals surface area contributed by atoms with Crippen LogP contribution in [-0.4, -0.2) is 56.1 Å². The smallest absolute Gasteiger partial charge is 0.411 e. The Bertz CT molecular complexity index is 1200. The van der Waals surface area contributed by atoms with Gasteiger partial charge in [-0.1, -0.05) is 23.4 Å². The summed E-state index contributed by atoms with van der Waals surface area (Å²) in [6.45, 7) is 1.64. The largest absolute Gasteiger partial charge is 0.465 e. The zero-order valence-corrected chi connectivity index (χ0v) is 18.7. The van der Waals surface area contributed by atoms with E-state index in [-0.39, 0.29) is 18.1 Å². The van der Waals surface area contributed by atoms with Crippen LogP contribution in [0.2, 0.25) is 0 Å². The first-order chi connectivity index (χ1) is 17.0. The minimum Gasteiger partial charge on any atom is -0.465 e. The summed E-state index contributed by atoms with van der Waals surface area (Å²) in [5.41, 5.74) is 8.45. The molecule has 1 saturated heterocycles. The van der Waals surface area contributed by atoms with Crippen LogP contribution < -0.4 is 16.0 Å². The van der Waals surface area contributed by atoms with Crippen LogP contribution in [0.3, 0.4) is 0 Å². The maximum absolute atomic E-state index is 15.0. The zero-order chi connectivity index (χ0) is 24.6. The molecule has 5 N–H and O–H groups in total. The summed E-state index contributed by atoms with van der Waals surface area (Å²) < 4.78 is 15.0. The molecule has 2 aromatic heterocycles. The lowest BCUT2D eigenvalue weighted by molar-refractivity contribution is 0.129.